The van der Waals surface area contributed by atoms with Gasteiger partial charge in [-0.2, -0.15) is 0 Å². The van der Waals surface area contributed by atoms with E-state index < -0.39 is 10.0 Å². The Balaban J connectivity index is 1.68. The fraction of sp³-hybridized carbons (Fsp3) is 0.611. The van der Waals surface area contributed by atoms with E-state index in [9.17, 15) is 13.2 Å². The maximum Gasteiger partial charge on any atom is 0.232 e. The summed E-state index contributed by atoms with van der Waals surface area (Å²) >= 11 is 0. The van der Waals surface area contributed by atoms with Crippen LogP contribution >= 0.6 is 0 Å². The highest BCUT2D eigenvalue weighted by atomic mass is 32.2. The van der Waals surface area contributed by atoms with E-state index in [1.54, 1.807) is 0 Å². The lowest BCUT2D eigenvalue weighted by Crippen LogP contribution is -2.35. The van der Waals surface area contributed by atoms with Gasteiger partial charge in [-0.25, -0.2) is 8.42 Å². The molecule has 2 aliphatic rings. The van der Waals surface area contributed by atoms with Crippen molar-refractivity contribution in [3.8, 4) is 0 Å². The minimum Gasteiger partial charge on any atom is -0.372 e. The molecule has 2 saturated heterocycles. The highest BCUT2D eigenvalue weighted by Crippen LogP contribution is 2.25. The topological polar surface area (TPSA) is 60.9 Å². The lowest BCUT2D eigenvalue weighted by molar-refractivity contribution is -0.129. The Morgan fingerprint density at radius 2 is 1.56 bits per heavy atom. The molecule has 2 aliphatic heterocycles. The van der Waals surface area contributed by atoms with Crippen molar-refractivity contribution in [3.63, 3.8) is 0 Å². The second-order valence-corrected chi connectivity index (χ2v) is 8.79. The molecule has 0 aromatic heterocycles. The molecule has 0 radical (unpaired) electrons. The molecule has 1 aromatic carbocycles. The first kappa shape index (κ1) is 18.0. The molecule has 138 valence electrons. The van der Waals surface area contributed by atoms with Crippen LogP contribution in [0.25, 0.3) is 0 Å². The van der Waals surface area contributed by atoms with E-state index in [0.29, 0.717) is 5.69 Å². The number of rotatable bonds is 6. The third-order valence-corrected chi connectivity index (χ3v) is 6.19. The SMILES string of the molecule is CS(=O)(=O)N(CCC(=O)N1CCCC1)c1ccc(N2CCCC2)cc1. The fourth-order valence-corrected chi connectivity index (χ4v) is 4.54. The maximum atomic E-state index is 12.2. The van der Waals surface area contributed by atoms with Crippen LogP contribution in [-0.4, -0.2) is 58.2 Å². The van der Waals surface area contributed by atoms with Crippen molar-refractivity contribution < 1.29 is 13.2 Å². The number of anilines is 2. The van der Waals surface area contributed by atoms with Crippen molar-refractivity contribution in [1.29, 1.82) is 0 Å². The van der Waals surface area contributed by atoms with Crippen LogP contribution < -0.4 is 9.21 Å². The molecule has 0 unspecified atom stereocenters. The summed E-state index contributed by atoms with van der Waals surface area (Å²) in [5, 5.41) is 0. The molecule has 3 rings (SSSR count). The van der Waals surface area contributed by atoms with Gasteiger partial charge in [0.1, 0.15) is 0 Å². The van der Waals surface area contributed by atoms with Gasteiger partial charge in [0.2, 0.25) is 15.9 Å². The maximum absolute atomic E-state index is 12.2. The average Bonchev–Trinajstić information content (AvgIpc) is 3.28. The Kier molecular flexibility index (Phi) is 5.51. The summed E-state index contributed by atoms with van der Waals surface area (Å²) in [6.45, 7) is 3.89. The van der Waals surface area contributed by atoms with Gasteiger partial charge in [0.05, 0.1) is 11.9 Å². The number of hydrogen-bond donors (Lipinski definition) is 0. The van der Waals surface area contributed by atoms with Gasteiger partial charge in [0.15, 0.2) is 0 Å². The number of nitrogens with zero attached hydrogens (tertiary/aromatic N) is 3. The number of carbonyl (C=O) groups excluding carboxylic acids is 1. The van der Waals surface area contributed by atoms with Gasteiger partial charge < -0.3 is 9.80 Å². The number of hydrogen-bond acceptors (Lipinski definition) is 4. The minimum atomic E-state index is -3.42. The van der Waals surface area contributed by atoms with Gasteiger partial charge in [0.25, 0.3) is 0 Å². The summed E-state index contributed by atoms with van der Waals surface area (Å²) in [6.07, 6.45) is 5.91. The molecule has 1 amide bonds. The van der Waals surface area contributed by atoms with E-state index in [1.165, 1.54) is 23.4 Å². The van der Waals surface area contributed by atoms with Gasteiger partial charge in [-0.1, -0.05) is 0 Å². The van der Waals surface area contributed by atoms with E-state index in [1.807, 2.05) is 29.2 Å². The Hall–Kier alpha value is -1.76. The largest absolute Gasteiger partial charge is 0.372 e. The molecule has 0 saturated carbocycles. The minimum absolute atomic E-state index is 0.0415. The van der Waals surface area contributed by atoms with Gasteiger partial charge in [0, 0.05) is 44.8 Å². The number of carbonyl (C=O) groups is 1. The standard InChI is InChI=1S/C18H27N3O3S/c1-25(23,24)21(15-10-18(22)20-13-4-5-14-20)17-8-6-16(7-9-17)19-11-2-3-12-19/h6-9H,2-5,10-15H2,1H3. The highest BCUT2D eigenvalue weighted by molar-refractivity contribution is 7.92. The van der Waals surface area contributed by atoms with Crippen LogP contribution in [0.15, 0.2) is 24.3 Å². The molecular weight excluding hydrogens is 338 g/mol. The predicted molar refractivity (Wildman–Crippen MR) is 101 cm³/mol. The van der Waals surface area contributed by atoms with Crippen molar-refractivity contribution in [2.24, 2.45) is 0 Å². The van der Waals surface area contributed by atoms with Crippen LogP contribution in [0.1, 0.15) is 32.1 Å². The van der Waals surface area contributed by atoms with Gasteiger partial charge >= 0.3 is 0 Å². The average molecular weight is 365 g/mol. The van der Waals surface area contributed by atoms with Crippen LogP contribution in [0.3, 0.4) is 0 Å². The molecule has 25 heavy (non-hydrogen) atoms. The van der Waals surface area contributed by atoms with E-state index >= 15 is 0 Å². The van der Waals surface area contributed by atoms with E-state index in [-0.39, 0.29) is 18.9 Å². The smallest absolute Gasteiger partial charge is 0.232 e. The molecule has 0 N–H and O–H groups in total. The zero-order valence-corrected chi connectivity index (χ0v) is 15.7. The van der Waals surface area contributed by atoms with Crippen molar-refractivity contribution in [2.75, 3.05) is 48.2 Å². The Bertz CT molecular complexity index is 691. The predicted octanol–water partition coefficient (Wildman–Crippen LogP) is 2.07. The summed E-state index contributed by atoms with van der Waals surface area (Å²) in [4.78, 5) is 16.4. The Morgan fingerprint density at radius 3 is 2.12 bits per heavy atom. The molecule has 0 spiro atoms. The summed E-state index contributed by atoms with van der Waals surface area (Å²) in [7, 11) is -3.42. The molecule has 0 atom stereocenters. The molecule has 0 bridgehead atoms. The first-order chi connectivity index (χ1) is 11.9. The molecule has 6 nitrogen and oxygen atoms in total. The van der Waals surface area contributed by atoms with Crippen molar-refractivity contribution in [1.82, 2.24) is 4.90 Å². The van der Waals surface area contributed by atoms with E-state index in [0.717, 1.165) is 44.7 Å². The second kappa shape index (κ2) is 7.64. The third-order valence-electron chi connectivity index (χ3n) is 5.00. The quantitative estimate of drug-likeness (QED) is 0.774. The molecular formula is C18H27N3O3S. The zero-order valence-electron chi connectivity index (χ0n) is 14.9. The molecule has 0 aliphatic carbocycles. The summed E-state index contributed by atoms with van der Waals surface area (Å²) in [6, 6.07) is 7.63. The molecule has 7 heteroatoms. The van der Waals surface area contributed by atoms with E-state index in [4.69, 9.17) is 0 Å². The number of benzene rings is 1. The van der Waals surface area contributed by atoms with Crippen molar-refractivity contribution in [2.45, 2.75) is 32.1 Å². The lowest BCUT2D eigenvalue weighted by Gasteiger charge is -2.25. The van der Waals surface area contributed by atoms with Crippen molar-refractivity contribution in [3.05, 3.63) is 24.3 Å². The summed E-state index contributed by atoms with van der Waals surface area (Å²) in [5.41, 5.74) is 1.75. The first-order valence-electron chi connectivity index (χ1n) is 9.06. The first-order valence-corrected chi connectivity index (χ1v) is 10.9. The van der Waals surface area contributed by atoms with Crippen LogP contribution in [0.2, 0.25) is 0 Å². The number of likely N-dealkylation sites (tertiary alicyclic amines) is 1. The third kappa shape index (κ3) is 4.45. The van der Waals surface area contributed by atoms with Gasteiger partial charge in [-0.3, -0.25) is 9.10 Å². The van der Waals surface area contributed by atoms with Crippen LogP contribution in [0.5, 0.6) is 0 Å². The van der Waals surface area contributed by atoms with Crippen LogP contribution in [0, 0.1) is 0 Å². The van der Waals surface area contributed by atoms with Crippen LogP contribution in [-0.2, 0) is 14.8 Å². The normalized spacial score (nSPS) is 18.0. The van der Waals surface area contributed by atoms with Gasteiger partial charge in [-0.05, 0) is 49.9 Å². The highest BCUT2D eigenvalue weighted by Gasteiger charge is 2.22. The van der Waals surface area contributed by atoms with Crippen molar-refractivity contribution >= 4 is 27.3 Å². The Labute approximate surface area is 150 Å². The summed E-state index contributed by atoms with van der Waals surface area (Å²) < 4.78 is 25.7. The molecule has 1 aromatic rings. The Morgan fingerprint density at radius 1 is 1.00 bits per heavy atom. The van der Waals surface area contributed by atoms with Gasteiger partial charge in [-0.15, -0.1) is 0 Å². The van der Waals surface area contributed by atoms with Crippen LogP contribution in [0.4, 0.5) is 11.4 Å². The number of amides is 1. The zero-order chi connectivity index (χ0) is 17.9. The number of sulfonamides is 1. The fourth-order valence-electron chi connectivity index (χ4n) is 3.61. The molecule has 2 fully saturated rings. The molecule has 2 heterocycles. The van der Waals surface area contributed by atoms with E-state index in [2.05, 4.69) is 4.90 Å². The monoisotopic (exact) mass is 365 g/mol. The summed E-state index contributed by atoms with van der Waals surface area (Å²) in [5.74, 6) is 0.0415. The lowest BCUT2D eigenvalue weighted by atomic mass is 10.2. The second-order valence-electron chi connectivity index (χ2n) is 6.88.